The van der Waals surface area contributed by atoms with Crippen LogP contribution < -0.4 is 9.47 Å². The Morgan fingerprint density at radius 1 is 0.810 bits per heavy atom. The van der Waals surface area contributed by atoms with Crippen molar-refractivity contribution < 1.29 is 14.6 Å². The maximum Gasteiger partial charge on any atom is 0.119 e. The van der Waals surface area contributed by atoms with Gasteiger partial charge >= 0.3 is 0 Å². The molecule has 0 spiro atoms. The standard InChI is InChI=1S/C35H39N3O3S/c1-25-22-26(2)38(36-25)19-21-41-31-13-8-28(9-14-31)35-33(32-15-10-29(39)24-34(32)42-35)23-27-6-11-30(12-7-27)40-20-18-37-16-4-3-5-17-37/h6-15,22,24,39H,3-5,16-21,23H2,1-2H3. The maximum absolute atomic E-state index is 10.2. The number of thiophene rings is 1. The minimum absolute atomic E-state index is 0.291. The summed E-state index contributed by atoms with van der Waals surface area (Å²) in [6, 6.07) is 24.6. The fourth-order valence-corrected chi connectivity index (χ4v) is 7.04. The van der Waals surface area contributed by atoms with E-state index >= 15 is 0 Å². The van der Waals surface area contributed by atoms with Gasteiger partial charge in [0.1, 0.15) is 30.5 Å². The topological polar surface area (TPSA) is 59.8 Å². The molecule has 1 aliphatic rings. The van der Waals surface area contributed by atoms with Gasteiger partial charge in [-0.25, -0.2) is 0 Å². The third-order valence-corrected chi connectivity index (χ3v) is 9.24. The Bertz CT molecular complexity index is 1620. The molecule has 6 nitrogen and oxygen atoms in total. The Balaban J connectivity index is 1.14. The number of phenolic OH excluding ortho intramolecular Hbond substituents is 1. The molecule has 3 heterocycles. The molecule has 7 heteroatoms. The third-order valence-electron chi connectivity index (χ3n) is 8.00. The van der Waals surface area contributed by atoms with Crippen LogP contribution in [-0.4, -0.2) is 52.6 Å². The number of phenols is 1. The van der Waals surface area contributed by atoms with Crippen LogP contribution in [0, 0.1) is 13.8 Å². The number of benzene rings is 3. The zero-order valence-electron chi connectivity index (χ0n) is 24.5. The summed E-state index contributed by atoms with van der Waals surface area (Å²) in [6.45, 7) is 9.46. The molecule has 1 aliphatic heterocycles. The highest BCUT2D eigenvalue weighted by Gasteiger charge is 2.16. The van der Waals surface area contributed by atoms with Gasteiger partial charge in [-0.1, -0.05) is 18.6 Å². The van der Waals surface area contributed by atoms with Crippen LogP contribution in [0.4, 0.5) is 0 Å². The van der Waals surface area contributed by atoms with Gasteiger partial charge in [-0.2, -0.15) is 5.10 Å². The quantitative estimate of drug-likeness (QED) is 0.174. The number of hydrogen-bond donors (Lipinski definition) is 1. The summed E-state index contributed by atoms with van der Waals surface area (Å²) < 4.78 is 15.2. The molecule has 0 atom stereocenters. The lowest BCUT2D eigenvalue weighted by Gasteiger charge is -2.26. The lowest BCUT2D eigenvalue weighted by atomic mass is 9.99. The van der Waals surface area contributed by atoms with Gasteiger partial charge in [0.15, 0.2) is 0 Å². The van der Waals surface area contributed by atoms with E-state index < -0.39 is 0 Å². The van der Waals surface area contributed by atoms with Crippen LogP contribution in [-0.2, 0) is 13.0 Å². The van der Waals surface area contributed by atoms with Crippen LogP contribution in [0.15, 0.2) is 72.8 Å². The van der Waals surface area contributed by atoms with E-state index in [4.69, 9.17) is 9.47 Å². The summed E-state index contributed by atoms with van der Waals surface area (Å²) in [5.41, 5.74) is 5.82. The highest BCUT2D eigenvalue weighted by atomic mass is 32.1. The van der Waals surface area contributed by atoms with Gasteiger partial charge in [-0.3, -0.25) is 9.58 Å². The molecule has 0 unspecified atom stereocenters. The van der Waals surface area contributed by atoms with Crippen molar-refractivity contribution in [2.24, 2.45) is 0 Å². The van der Waals surface area contributed by atoms with E-state index in [2.05, 4.69) is 59.4 Å². The Morgan fingerprint density at radius 2 is 1.50 bits per heavy atom. The average molecular weight is 582 g/mol. The van der Waals surface area contributed by atoms with Gasteiger partial charge in [0.05, 0.1) is 12.2 Å². The molecule has 0 radical (unpaired) electrons. The predicted molar refractivity (Wildman–Crippen MR) is 171 cm³/mol. The van der Waals surface area contributed by atoms with Crippen LogP contribution in [0.1, 0.15) is 41.8 Å². The van der Waals surface area contributed by atoms with E-state index in [1.165, 1.54) is 53.7 Å². The monoisotopic (exact) mass is 581 g/mol. The van der Waals surface area contributed by atoms with Gasteiger partial charge in [0.2, 0.25) is 0 Å². The zero-order valence-corrected chi connectivity index (χ0v) is 25.3. The van der Waals surface area contributed by atoms with Crippen molar-refractivity contribution in [2.75, 3.05) is 32.8 Å². The lowest BCUT2D eigenvalue weighted by molar-refractivity contribution is 0.183. The molecule has 6 rings (SSSR count). The number of aromatic hydroxyl groups is 1. The molecule has 0 saturated carbocycles. The first kappa shape index (κ1) is 28.3. The van der Waals surface area contributed by atoms with Gasteiger partial charge in [0, 0.05) is 21.8 Å². The summed E-state index contributed by atoms with van der Waals surface area (Å²) in [7, 11) is 0. The molecule has 2 aromatic heterocycles. The third kappa shape index (κ3) is 6.80. The number of likely N-dealkylation sites (tertiary alicyclic amines) is 1. The first-order chi connectivity index (χ1) is 20.5. The fraction of sp³-hybridized carbons (Fsp3) is 0.343. The SMILES string of the molecule is Cc1cc(C)n(CCOc2ccc(-c3sc4cc(O)ccc4c3Cc3ccc(OCCN4CCCCC4)cc3)cc2)n1. The molecule has 0 aliphatic carbocycles. The van der Waals surface area contributed by atoms with Gasteiger partial charge in [-0.15, -0.1) is 11.3 Å². The minimum atomic E-state index is 0.291. The first-order valence-corrected chi connectivity index (χ1v) is 15.8. The van der Waals surface area contributed by atoms with Crippen molar-refractivity contribution in [3.05, 3.63) is 95.3 Å². The van der Waals surface area contributed by atoms with E-state index in [1.54, 1.807) is 17.4 Å². The minimum Gasteiger partial charge on any atom is -0.508 e. The van der Waals surface area contributed by atoms with Crippen molar-refractivity contribution in [3.8, 4) is 27.7 Å². The van der Waals surface area contributed by atoms with Gasteiger partial charge in [0.25, 0.3) is 0 Å². The van der Waals surface area contributed by atoms with Crippen LogP contribution in [0.3, 0.4) is 0 Å². The Kier molecular flexibility index (Phi) is 8.77. The average Bonchev–Trinajstić information content (AvgIpc) is 3.52. The number of piperidine rings is 1. The molecule has 0 bridgehead atoms. The second-order valence-electron chi connectivity index (χ2n) is 11.2. The summed E-state index contributed by atoms with van der Waals surface area (Å²) >= 11 is 1.72. The van der Waals surface area contributed by atoms with Crippen LogP contribution in [0.2, 0.25) is 0 Å². The van der Waals surface area contributed by atoms with Crippen molar-refractivity contribution in [3.63, 3.8) is 0 Å². The summed E-state index contributed by atoms with van der Waals surface area (Å²) in [4.78, 5) is 3.71. The predicted octanol–water partition coefficient (Wildman–Crippen LogP) is 7.62. The number of nitrogens with zero attached hydrogens (tertiary/aromatic N) is 3. The number of rotatable bonds is 11. The fourth-order valence-electron chi connectivity index (χ4n) is 5.78. The van der Waals surface area contributed by atoms with Crippen molar-refractivity contribution in [1.29, 1.82) is 0 Å². The molecule has 5 aromatic rings. The van der Waals surface area contributed by atoms with E-state index in [9.17, 15) is 5.11 Å². The molecular formula is C35H39N3O3S. The number of aromatic nitrogens is 2. The number of ether oxygens (including phenoxy) is 2. The van der Waals surface area contributed by atoms with Crippen molar-refractivity contribution >= 4 is 21.4 Å². The molecule has 1 N–H and O–H groups in total. The Labute approximate surface area is 252 Å². The molecule has 42 heavy (non-hydrogen) atoms. The molecular weight excluding hydrogens is 542 g/mol. The number of hydrogen-bond acceptors (Lipinski definition) is 6. The molecule has 0 amide bonds. The second kappa shape index (κ2) is 13.0. The Morgan fingerprint density at radius 3 is 2.19 bits per heavy atom. The number of fused-ring (bicyclic) bond motifs is 1. The zero-order chi connectivity index (χ0) is 28.9. The smallest absolute Gasteiger partial charge is 0.119 e. The molecule has 1 fully saturated rings. The van der Waals surface area contributed by atoms with Crippen molar-refractivity contribution in [2.45, 2.75) is 46.1 Å². The Hall–Kier alpha value is -3.81. The van der Waals surface area contributed by atoms with Crippen LogP contribution in [0.5, 0.6) is 17.2 Å². The summed E-state index contributed by atoms with van der Waals surface area (Å²) in [5, 5.41) is 15.9. The van der Waals surface area contributed by atoms with Crippen LogP contribution in [0.25, 0.3) is 20.5 Å². The highest BCUT2D eigenvalue weighted by molar-refractivity contribution is 7.22. The first-order valence-electron chi connectivity index (χ1n) is 14.9. The molecule has 1 saturated heterocycles. The van der Waals surface area contributed by atoms with Gasteiger partial charge in [-0.05, 0) is 129 Å². The highest BCUT2D eigenvalue weighted by Crippen LogP contribution is 2.41. The van der Waals surface area contributed by atoms with E-state index in [-0.39, 0.29) is 0 Å². The second-order valence-corrected chi connectivity index (χ2v) is 12.2. The molecule has 218 valence electrons. The number of aryl methyl sites for hydroxylation is 2. The van der Waals surface area contributed by atoms with Gasteiger partial charge < -0.3 is 14.6 Å². The van der Waals surface area contributed by atoms with E-state index in [0.29, 0.717) is 18.9 Å². The van der Waals surface area contributed by atoms with Crippen molar-refractivity contribution in [1.82, 2.24) is 14.7 Å². The maximum atomic E-state index is 10.2. The summed E-state index contributed by atoms with van der Waals surface area (Å²) in [6.07, 6.45) is 4.76. The largest absolute Gasteiger partial charge is 0.508 e. The summed E-state index contributed by atoms with van der Waals surface area (Å²) in [5.74, 6) is 2.06. The molecule has 3 aromatic carbocycles. The van der Waals surface area contributed by atoms with E-state index in [0.717, 1.165) is 52.7 Å². The van der Waals surface area contributed by atoms with E-state index in [1.807, 2.05) is 35.9 Å². The normalized spacial score (nSPS) is 14.0. The van der Waals surface area contributed by atoms with Crippen LogP contribution >= 0.6 is 11.3 Å². The lowest BCUT2D eigenvalue weighted by Crippen LogP contribution is -2.33.